The summed E-state index contributed by atoms with van der Waals surface area (Å²) in [5.41, 5.74) is 9.27. The highest BCUT2D eigenvalue weighted by atomic mass is 32.1. The normalized spacial score (nSPS) is 14.7. The van der Waals surface area contributed by atoms with Gasteiger partial charge in [0.2, 0.25) is 0 Å². The van der Waals surface area contributed by atoms with Crippen molar-refractivity contribution in [3.63, 3.8) is 0 Å². The van der Waals surface area contributed by atoms with Gasteiger partial charge in [0.05, 0.1) is 0 Å². The molecule has 0 radical (unpaired) electrons. The molecule has 108 valence electrons. The number of hydrogen-bond acceptors (Lipinski definition) is 2. The fourth-order valence-electron chi connectivity index (χ4n) is 2.82. The topological polar surface area (TPSA) is 29.3 Å². The van der Waals surface area contributed by atoms with Crippen molar-refractivity contribution in [2.45, 2.75) is 19.5 Å². The molecule has 0 saturated heterocycles. The Morgan fingerprint density at radius 3 is 2.67 bits per heavy atom. The van der Waals surface area contributed by atoms with Crippen molar-refractivity contribution < 1.29 is 4.39 Å². The largest absolute Gasteiger partial charge is 0.389 e. The van der Waals surface area contributed by atoms with Gasteiger partial charge in [-0.15, -0.1) is 0 Å². The molecule has 4 heteroatoms. The predicted octanol–water partition coefficient (Wildman–Crippen LogP) is 3.02. The number of hydrogen-bond donors (Lipinski definition) is 1. The van der Waals surface area contributed by atoms with Crippen LogP contribution in [0.25, 0.3) is 0 Å². The molecule has 0 unspecified atom stereocenters. The minimum absolute atomic E-state index is 0.110. The first-order chi connectivity index (χ1) is 10.1. The summed E-state index contributed by atoms with van der Waals surface area (Å²) in [5, 5.41) is 0. The van der Waals surface area contributed by atoms with E-state index in [1.165, 1.54) is 11.1 Å². The van der Waals surface area contributed by atoms with Gasteiger partial charge in [-0.05, 0) is 23.6 Å². The van der Waals surface area contributed by atoms with Crippen LogP contribution < -0.4 is 5.73 Å². The summed E-state index contributed by atoms with van der Waals surface area (Å²) in [7, 11) is 0. The van der Waals surface area contributed by atoms with Gasteiger partial charge in [0.15, 0.2) is 0 Å². The van der Waals surface area contributed by atoms with Crippen LogP contribution in [0.4, 0.5) is 4.39 Å². The van der Waals surface area contributed by atoms with Crippen LogP contribution in [0.15, 0.2) is 42.5 Å². The summed E-state index contributed by atoms with van der Waals surface area (Å²) >= 11 is 4.89. The van der Waals surface area contributed by atoms with Crippen molar-refractivity contribution in [3.8, 4) is 0 Å². The van der Waals surface area contributed by atoms with Crippen molar-refractivity contribution in [1.82, 2.24) is 4.90 Å². The molecule has 0 spiro atoms. The average Bonchev–Trinajstić information content (AvgIpc) is 2.49. The standard InChI is InChI=1S/C17H17FN2S/c18-16-14(6-3-7-15(16)17(19)21)11-20-9-8-12-4-1-2-5-13(12)10-20/h1-7H,8-11H2,(H2,19,21). The highest BCUT2D eigenvalue weighted by molar-refractivity contribution is 7.80. The van der Waals surface area contributed by atoms with Crippen LogP contribution in [0.3, 0.4) is 0 Å². The summed E-state index contributed by atoms with van der Waals surface area (Å²) in [5.74, 6) is -0.288. The summed E-state index contributed by atoms with van der Waals surface area (Å²) in [6.45, 7) is 2.37. The molecule has 3 rings (SSSR count). The van der Waals surface area contributed by atoms with Gasteiger partial charge in [0.1, 0.15) is 10.8 Å². The molecule has 1 aliphatic heterocycles. The molecular weight excluding hydrogens is 283 g/mol. The molecule has 2 aromatic carbocycles. The maximum Gasteiger partial charge on any atom is 0.137 e. The van der Waals surface area contributed by atoms with Crippen molar-refractivity contribution in [1.29, 1.82) is 0 Å². The Bertz CT molecular complexity index is 684. The van der Waals surface area contributed by atoms with E-state index in [0.717, 1.165) is 19.5 Å². The van der Waals surface area contributed by atoms with Crippen LogP contribution in [0.5, 0.6) is 0 Å². The van der Waals surface area contributed by atoms with E-state index < -0.39 is 0 Å². The van der Waals surface area contributed by atoms with Crippen LogP contribution >= 0.6 is 12.2 Å². The van der Waals surface area contributed by atoms with E-state index >= 15 is 0 Å². The lowest BCUT2D eigenvalue weighted by Gasteiger charge is -2.29. The van der Waals surface area contributed by atoms with E-state index in [-0.39, 0.29) is 10.8 Å². The van der Waals surface area contributed by atoms with Crippen LogP contribution in [0.2, 0.25) is 0 Å². The first-order valence-corrected chi connectivity index (χ1v) is 7.42. The fraction of sp³-hybridized carbons (Fsp3) is 0.235. The van der Waals surface area contributed by atoms with Gasteiger partial charge in [-0.3, -0.25) is 4.90 Å². The summed E-state index contributed by atoms with van der Waals surface area (Å²) in [6.07, 6.45) is 1.01. The van der Waals surface area contributed by atoms with E-state index in [4.69, 9.17) is 18.0 Å². The van der Waals surface area contributed by atoms with E-state index in [1.54, 1.807) is 12.1 Å². The van der Waals surface area contributed by atoms with Crippen molar-refractivity contribution in [2.24, 2.45) is 5.73 Å². The Morgan fingerprint density at radius 2 is 1.90 bits per heavy atom. The third kappa shape index (κ3) is 2.96. The quantitative estimate of drug-likeness (QED) is 0.884. The second kappa shape index (κ2) is 5.92. The Morgan fingerprint density at radius 1 is 1.14 bits per heavy atom. The Labute approximate surface area is 129 Å². The minimum atomic E-state index is -0.288. The molecule has 0 saturated carbocycles. The second-order valence-corrected chi connectivity index (χ2v) is 5.81. The monoisotopic (exact) mass is 300 g/mol. The number of fused-ring (bicyclic) bond motifs is 1. The van der Waals surface area contributed by atoms with Crippen molar-refractivity contribution >= 4 is 17.2 Å². The molecule has 0 amide bonds. The van der Waals surface area contributed by atoms with Gasteiger partial charge >= 0.3 is 0 Å². The number of benzene rings is 2. The lowest BCUT2D eigenvalue weighted by atomic mass is 9.99. The SMILES string of the molecule is NC(=S)c1cccc(CN2CCc3ccccc3C2)c1F. The van der Waals surface area contributed by atoms with Crippen molar-refractivity contribution in [2.75, 3.05) is 6.54 Å². The Hall–Kier alpha value is -1.78. The minimum Gasteiger partial charge on any atom is -0.389 e. The van der Waals surface area contributed by atoms with Crippen LogP contribution in [-0.4, -0.2) is 16.4 Å². The number of nitrogens with two attached hydrogens (primary N) is 1. The molecular formula is C17H17FN2S. The second-order valence-electron chi connectivity index (χ2n) is 5.37. The lowest BCUT2D eigenvalue weighted by Crippen LogP contribution is -2.30. The molecule has 1 heterocycles. The molecule has 0 fully saturated rings. The Balaban J connectivity index is 1.80. The molecule has 0 bridgehead atoms. The molecule has 0 atom stereocenters. The summed E-state index contributed by atoms with van der Waals surface area (Å²) in [6, 6.07) is 13.7. The first kappa shape index (κ1) is 14.2. The first-order valence-electron chi connectivity index (χ1n) is 7.01. The Kier molecular flexibility index (Phi) is 3.99. The van der Waals surface area contributed by atoms with Gasteiger partial charge in [-0.25, -0.2) is 4.39 Å². The average molecular weight is 300 g/mol. The van der Waals surface area contributed by atoms with Crippen LogP contribution in [0, 0.1) is 5.82 Å². The number of rotatable bonds is 3. The highest BCUT2D eigenvalue weighted by Crippen LogP contribution is 2.22. The zero-order valence-corrected chi connectivity index (χ0v) is 12.5. The van der Waals surface area contributed by atoms with Crippen LogP contribution in [0.1, 0.15) is 22.3 Å². The molecule has 1 aliphatic rings. The van der Waals surface area contributed by atoms with E-state index in [0.29, 0.717) is 17.7 Å². The third-order valence-electron chi connectivity index (χ3n) is 3.95. The number of nitrogens with zero attached hydrogens (tertiary/aromatic N) is 1. The maximum absolute atomic E-state index is 14.4. The predicted molar refractivity (Wildman–Crippen MR) is 86.5 cm³/mol. The van der Waals surface area contributed by atoms with Gasteiger partial charge in [0, 0.05) is 30.8 Å². The summed E-state index contributed by atoms with van der Waals surface area (Å²) in [4.78, 5) is 2.36. The van der Waals surface area contributed by atoms with E-state index in [2.05, 4.69) is 29.2 Å². The zero-order chi connectivity index (χ0) is 14.8. The highest BCUT2D eigenvalue weighted by Gasteiger charge is 2.18. The molecule has 2 aromatic rings. The maximum atomic E-state index is 14.4. The lowest BCUT2D eigenvalue weighted by molar-refractivity contribution is 0.242. The van der Waals surface area contributed by atoms with E-state index in [1.807, 2.05) is 6.07 Å². The van der Waals surface area contributed by atoms with Gasteiger partial charge in [-0.2, -0.15) is 0 Å². The molecule has 2 nitrogen and oxygen atoms in total. The van der Waals surface area contributed by atoms with Gasteiger partial charge < -0.3 is 5.73 Å². The van der Waals surface area contributed by atoms with Crippen LogP contribution in [-0.2, 0) is 19.5 Å². The third-order valence-corrected chi connectivity index (χ3v) is 4.17. The molecule has 0 aromatic heterocycles. The number of thiocarbonyl (C=S) groups is 1. The number of halogens is 1. The molecule has 0 aliphatic carbocycles. The molecule has 2 N–H and O–H groups in total. The smallest absolute Gasteiger partial charge is 0.137 e. The van der Waals surface area contributed by atoms with Gasteiger partial charge in [0.25, 0.3) is 0 Å². The van der Waals surface area contributed by atoms with Gasteiger partial charge in [-0.1, -0.05) is 48.6 Å². The molecule has 21 heavy (non-hydrogen) atoms. The summed E-state index contributed by atoms with van der Waals surface area (Å²) < 4.78 is 14.4. The zero-order valence-electron chi connectivity index (χ0n) is 11.7. The van der Waals surface area contributed by atoms with E-state index in [9.17, 15) is 4.39 Å². The fourth-order valence-corrected chi connectivity index (χ4v) is 2.98. The van der Waals surface area contributed by atoms with Crippen molar-refractivity contribution in [3.05, 3.63) is 70.5 Å².